The van der Waals surface area contributed by atoms with Crippen LogP contribution in [0, 0.1) is 0 Å². The predicted octanol–water partition coefficient (Wildman–Crippen LogP) is 1.43. The summed E-state index contributed by atoms with van der Waals surface area (Å²) in [4.78, 5) is 20.8. The Morgan fingerprint density at radius 1 is 1.59 bits per heavy atom. The molecule has 1 amide bonds. The lowest BCUT2D eigenvalue weighted by Gasteiger charge is -1.97. The highest BCUT2D eigenvalue weighted by Gasteiger charge is 2.05. The molecule has 2 N–H and O–H groups in total. The number of hydrogen-bond acceptors (Lipinski definition) is 4. The normalized spacial score (nSPS) is 10.1. The van der Waals surface area contributed by atoms with Crippen molar-refractivity contribution in [2.24, 2.45) is 0 Å². The molecule has 0 spiro atoms. The Balaban J connectivity index is 2.05. The third-order valence-electron chi connectivity index (χ3n) is 2.00. The lowest BCUT2D eigenvalue weighted by Crippen LogP contribution is -2.06. The molecule has 0 aliphatic heterocycles. The van der Waals surface area contributed by atoms with Crippen LogP contribution in [-0.4, -0.2) is 27.3 Å². The summed E-state index contributed by atoms with van der Waals surface area (Å²) in [5, 5.41) is 14.6. The number of furan rings is 1. The van der Waals surface area contributed by atoms with E-state index in [2.05, 4.69) is 10.4 Å². The van der Waals surface area contributed by atoms with E-state index in [4.69, 9.17) is 9.52 Å². The highest BCUT2D eigenvalue weighted by Crippen LogP contribution is 2.10. The van der Waals surface area contributed by atoms with Crippen LogP contribution in [0.2, 0.25) is 0 Å². The van der Waals surface area contributed by atoms with Crippen molar-refractivity contribution in [1.82, 2.24) is 9.78 Å². The number of amides is 1. The van der Waals surface area contributed by atoms with Crippen LogP contribution in [-0.2, 0) is 6.54 Å². The fraction of sp³-hybridized carbons (Fsp3) is 0.100. The number of carboxylic acid groups (broad SMARTS) is 1. The molecule has 7 heteroatoms. The fourth-order valence-corrected chi connectivity index (χ4v) is 1.34. The minimum atomic E-state index is -1.15. The second-order valence-corrected chi connectivity index (χ2v) is 3.28. The predicted molar refractivity (Wildman–Crippen MR) is 57.1 cm³/mol. The zero-order chi connectivity index (χ0) is 12.3. The van der Waals surface area contributed by atoms with Gasteiger partial charge in [-0.1, -0.05) is 0 Å². The van der Waals surface area contributed by atoms with Crippen molar-refractivity contribution in [3.8, 4) is 0 Å². The van der Waals surface area contributed by atoms with Crippen LogP contribution in [0.25, 0.3) is 0 Å². The van der Waals surface area contributed by atoms with Gasteiger partial charge in [0.25, 0.3) is 0 Å². The number of carbonyl (C=O) groups is 2. The van der Waals surface area contributed by atoms with Crippen LogP contribution in [0.3, 0.4) is 0 Å². The van der Waals surface area contributed by atoms with E-state index in [1.54, 1.807) is 12.1 Å². The van der Waals surface area contributed by atoms with Gasteiger partial charge in [0.15, 0.2) is 12.0 Å². The van der Waals surface area contributed by atoms with Gasteiger partial charge in [0.2, 0.25) is 0 Å². The molecule has 0 saturated heterocycles. The smallest absolute Gasteiger partial charge is 0.409 e. The van der Waals surface area contributed by atoms with Gasteiger partial charge in [0.05, 0.1) is 18.4 Å². The SMILES string of the molecule is O=Cc1ccc(Cn2cc(NC(=O)O)cn2)o1. The lowest BCUT2D eigenvalue weighted by molar-refractivity contribution is 0.109. The highest BCUT2D eigenvalue weighted by molar-refractivity contribution is 5.82. The first-order valence-electron chi connectivity index (χ1n) is 4.73. The van der Waals surface area contributed by atoms with Crippen molar-refractivity contribution in [3.63, 3.8) is 0 Å². The topological polar surface area (TPSA) is 97.4 Å². The molecule has 0 fully saturated rings. The maximum atomic E-state index is 10.4. The molecule has 88 valence electrons. The summed E-state index contributed by atoms with van der Waals surface area (Å²) in [6, 6.07) is 3.22. The van der Waals surface area contributed by atoms with Crippen LogP contribution in [0.15, 0.2) is 28.9 Å². The van der Waals surface area contributed by atoms with Crippen LogP contribution in [0.1, 0.15) is 16.3 Å². The molecule has 2 rings (SSSR count). The molecule has 2 heterocycles. The van der Waals surface area contributed by atoms with Gasteiger partial charge < -0.3 is 9.52 Å². The number of aromatic nitrogens is 2. The number of rotatable bonds is 4. The van der Waals surface area contributed by atoms with Gasteiger partial charge in [-0.25, -0.2) is 4.79 Å². The highest BCUT2D eigenvalue weighted by atomic mass is 16.4. The van der Waals surface area contributed by atoms with E-state index in [0.29, 0.717) is 24.3 Å². The maximum absolute atomic E-state index is 10.4. The minimum Gasteiger partial charge on any atom is -0.465 e. The van der Waals surface area contributed by atoms with Gasteiger partial charge in [-0.05, 0) is 12.1 Å². The van der Waals surface area contributed by atoms with Gasteiger partial charge >= 0.3 is 6.09 Å². The summed E-state index contributed by atoms with van der Waals surface area (Å²) in [5.74, 6) is 0.813. The molecule has 0 atom stereocenters. The number of carbonyl (C=O) groups excluding carboxylic acids is 1. The quantitative estimate of drug-likeness (QED) is 0.781. The average molecular weight is 235 g/mol. The molecule has 2 aromatic rings. The van der Waals surface area contributed by atoms with Crippen LogP contribution < -0.4 is 5.32 Å². The zero-order valence-corrected chi connectivity index (χ0v) is 8.66. The van der Waals surface area contributed by atoms with Gasteiger partial charge in [0.1, 0.15) is 5.76 Å². The van der Waals surface area contributed by atoms with E-state index in [-0.39, 0.29) is 5.76 Å². The first-order valence-corrected chi connectivity index (χ1v) is 4.73. The van der Waals surface area contributed by atoms with E-state index >= 15 is 0 Å². The molecule has 0 saturated carbocycles. The lowest BCUT2D eigenvalue weighted by atomic mass is 10.4. The molecule has 0 aliphatic carbocycles. The van der Waals surface area contributed by atoms with Gasteiger partial charge in [0, 0.05) is 6.20 Å². The molecule has 0 radical (unpaired) electrons. The van der Waals surface area contributed by atoms with E-state index < -0.39 is 6.09 Å². The fourth-order valence-electron chi connectivity index (χ4n) is 1.34. The molecular formula is C10H9N3O4. The van der Waals surface area contributed by atoms with E-state index in [1.807, 2.05) is 0 Å². The first-order chi connectivity index (χ1) is 8.17. The summed E-state index contributed by atoms with van der Waals surface area (Å²) in [6.07, 6.45) is 2.38. The minimum absolute atomic E-state index is 0.246. The second-order valence-electron chi connectivity index (χ2n) is 3.28. The molecule has 17 heavy (non-hydrogen) atoms. The van der Waals surface area contributed by atoms with Crippen molar-refractivity contribution < 1.29 is 19.1 Å². The Morgan fingerprint density at radius 2 is 2.41 bits per heavy atom. The number of nitrogens with zero attached hydrogens (tertiary/aromatic N) is 2. The summed E-state index contributed by atoms with van der Waals surface area (Å²) < 4.78 is 6.66. The average Bonchev–Trinajstić information content (AvgIpc) is 2.88. The largest absolute Gasteiger partial charge is 0.465 e. The first kappa shape index (κ1) is 10.9. The van der Waals surface area contributed by atoms with Gasteiger partial charge in [-0.15, -0.1) is 0 Å². The van der Waals surface area contributed by atoms with E-state index in [9.17, 15) is 9.59 Å². The van der Waals surface area contributed by atoms with Crippen LogP contribution in [0.4, 0.5) is 10.5 Å². The van der Waals surface area contributed by atoms with Crippen molar-refractivity contribution >= 4 is 18.1 Å². The van der Waals surface area contributed by atoms with Crippen molar-refractivity contribution in [2.45, 2.75) is 6.54 Å². The Morgan fingerprint density at radius 3 is 3.06 bits per heavy atom. The molecule has 7 nitrogen and oxygen atoms in total. The van der Waals surface area contributed by atoms with Gasteiger partial charge in [-0.3, -0.25) is 14.8 Å². The molecule has 0 unspecified atom stereocenters. The van der Waals surface area contributed by atoms with Gasteiger partial charge in [-0.2, -0.15) is 5.10 Å². The third kappa shape index (κ3) is 2.71. The number of anilines is 1. The third-order valence-corrected chi connectivity index (χ3v) is 2.00. The number of nitrogens with one attached hydrogen (secondary N) is 1. The standard InChI is InChI=1S/C10H9N3O4/c14-6-9-2-1-8(17-9)5-13-4-7(3-11-13)12-10(15)16/h1-4,6,12H,5H2,(H,15,16). The Bertz CT molecular complexity index is 543. The summed E-state index contributed by atoms with van der Waals surface area (Å²) in [7, 11) is 0. The monoisotopic (exact) mass is 235 g/mol. The summed E-state index contributed by atoms with van der Waals surface area (Å²) in [5.41, 5.74) is 0.375. The Labute approximate surface area is 95.7 Å². The number of hydrogen-bond donors (Lipinski definition) is 2. The van der Waals surface area contributed by atoms with Crippen molar-refractivity contribution in [1.29, 1.82) is 0 Å². The van der Waals surface area contributed by atoms with E-state index in [0.717, 1.165) is 0 Å². The Hall–Kier alpha value is -2.57. The van der Waals surface area contributed by atoms with Crippen molar-refractivity contribution in [3.05, 3.63) is 36.0 Å². The molecular weight excluding hydrogens is 226 g/mol. The molecule has 0 aromatic carbocycles. The Kier molecular flexibility index (Phi) is 2.91. The van der Waals surface area contributed by atoms with Crippen LogP contribution >= 0.6 is 0 Å². The molecule has 0 bridgehead atoms. The summed E-state index contributed by atoms with van der Waals surface area (Å²) in [6.45, 7) is 0.329. The second kappa shape index (κ2) is 4.52. The maximum Gasteiger partial charge on any atom is 0.409 e. The zero-order valence-electron chi connectivity index (χ0n) is 8.66. The molecule has 0 aliphatic rings. The van der Waals surface area contributed by atoms with E-state index in [1.165, 1.54) is 17.1 Å². The van der Waals surface area contributed by atoms with Crippen LogP contribution in [0.5, 0.6) is 0 Å². The van der Waals surface area contributed by atoms with Crippen molar-refractivity contribution in [2.75, 3.05) is 5.32 Å². The number of aldehydes is 1. The summed E-state index contributed by atoms with van der Waals surface area (Å²) >= 11 is 0. The molecule has 2 aromatic heterocycles.